The molecule has 0 N–H and O–H groups in total. The minimum atomic E-state index is 0.190. The number of thioether (sulfide) groups is 1. The average molecular weight is 228 g/mol. The highest BCUT2D eigenvalue weighted by atomic mass is 32.2. The molecule has 2 rings (SSSR count). The summed E-state index contributed by atoms with van der Waals surface area (Å²) < 4.78 is 0. The fraction of sp³-hybridized carbons (Fsp3) is 0.909. The molecule has 15 heavy (non-hydrogen) atoms. The highest BCUT2D eigenvalue weighted by Gasteiger charge is 2.35. The van der Waals surface area contributed by atoms with E-state index in [1.165, 1.54) is 6.42 Å². The number of carbonyl (C=O) groups is 1. The zero-order valence-corrected chi connectivity index (χ0v) is 10.4. The Balaban J connectivity index is 2.16. The van der Waals surface area contributed by atoms with Crippen LogP contribution in [0.5, 0.6) is 0 Å². The minimum Gasteiger partial charge on any atom is -0.272 e. The van der Waals surface area contributed by atoms with Gasteiger partial charge in [-0.15, -0.1) is 0 Å². The number of hydrazine groups is 1. The van der Waals surface area contributed by atoms with Gasteiger partial charge >= 0.3 is 0 Å². The van der Waals surface area contributed by atoms with Crippen LogP contribution in [-0.4, -0.2) is 46.6 Å². The number of hydrogen-bond donors (Lipinski definition) is 0. The number of hydrogen-bond acceptors (Lipinski definition) is 3. The van der Waals surface area contributed by atoms with Crippen molar-refractivity contribution in [1.29, 1.82) is 0 Å². The lowest BCUT2D eigenvalue weighted by molar-refractivity contribution is -0.157. The zero-order valence-electron chi connectivity index (χ0n) is 9.61. The van der Waals surface area contributed by atoms with Gasteiger partial charge in [0.2, 0.25) is 5.91 Å². The normalized spacial score (nSPS) is 33.7. The predicted molar refractivity (Wildman–Crippen MR) is 63.7 cm³/mol. The van der Waals surface area contributed by atoms with E-state index in [1.54, 1.807) is 11.8 Å². The van der Waals surface area contributed by atoms with Gasteiger partial charge in [0.25, 0.3) is 0 Å². The van der Waals surface area contributed by atoms with Gasteiger partial charge in [-0.3, -0.25) is 9.80 Å². The maximum absolute atomic E-state index is 12.3. The molecule has 2 aliphatic rings. The summed E-state index contributed by atoms with van der Waals surface area (Å²) in [6, 6.07) is 0.402. The van der Waals surface area contributed by atoms with E-state index in [1.807, 2.05) is 11.3 Å². The van der Waals surface area contributed by atoms with Crippen molar-refractivity contribution < 1.29 is 4.79 Å². The maximum atomic E-state index is 12.3. The lowest BCUT2D eigenvalue weighted by Crippen LogP contribution is -2.55. The highest BCUT2D eigenvalue weighted by molar-refractivity contribution is 7.99. The molecule has 0 aromatic carbocycles. The Morgan fingerprint density at radius 2 is 1.93 bits per heavy atom. The van der Waals surface area contributed by atoms with Crippen molar-refractivity contribution >= 4 is 17.7 Å². The molecule has 86 valence electrons. The summed E-state index contributed by atoms with van der Waals surface area (Å²) in [5, 5.41) is 4.50. The molecule has 0 bridgehead atoms. The first-order chi connectivity index (χ1) is 7.24. The molecule has 3 nitrogen and oxygen atoms in total. The fourth-order valence-corrected chi connectivity index (χ4v) is 3.32. The van der Waals surface area contributed by atoms with E-state index in [-0.39, 0.29) is 5.25 Å². The standard InChI is InChI=1S/C11H20N2OS/c1-9-5-3-7-12-8-4-6-10(15-2)11(14)13(9)12/h9-10H,3-8H2,1-2H3. The Kier molecular flexibility index (Phi) is 3.57. The second-order valence-electron chi connectivity index (χ2n) is 4.49. The molecular formula is C11H20N2OS. The molecule has 0 aliphatic carbocycles. The van der Waals surface area contributed by atoms with E-state index in [9.17, 15) is 4.79 Å². The second-order valence-corrected chi connectivity index (χ2v) is 5.53. The van der Waals surface area contributed by atoms with Gasteiger partial charge in [0.15, 0.2) is 0 Å². The van der Waals surface area contributed by atoms with Crippen molar-refractivity contribution in [1.82, 2.24) is 10.0 Å². The first kappa shape index (κ1) is 11.3. The highest BCUT2D eigenvalue weighted by Crippen LogP contribution is 2.27. The van der Waals surface area contributed by atoms with E-state index >= 15 is 0 Å². The van der Waals surface area contributed by atoms with Gasteiger partial charge in [0, 0.05) is 19.1 Å². The summed E-state index contributed by atoms with van der Waals surface area (Å²) >= 11 is 1.71. The number of amides is 1. The van der Waals surface area contributed by atoms with Crippen molar-refractivity contribution in [3.8, 4) is 0 Å². The second kappa shape index (κ2) is 4.74. The molecule has 2 heterocycles. The first-order valence-electron chi connectivity index (χ1n) is 5.84. The Hall–Kier alpha value is -0.220. The van der Waals surface area contributed by atoms with Gasteiger partial charge in [-0.2, -0.15) is 11.8 Å². The van der Waals surface area contributed by atoms with Crippen molar-refractivity contribution in [2.45, 2.75) is 43.9 Å². The van der Waals surface area contributed by atoms with E-state index in [4.69, 9.17) is 0 Å². The van der Waals surface area contributed by atoms with Crippen LogP contribution in [0.25, 0.3) is 0 Å². The smallest absolute Gasteiger partial charge is 0.250 e. The molecule has 2 aliphatic heterocycles. The Morgan fingerprint density at radius 3 is 2.60 bits per heavy atom. The third kappa shape index (κ3) is 2.16. The van der Waals surface area contributed by atoms with E-state index < -0.39 is 0 Å². The number of carbonyl (C=O) groups excluding carboxylic acids is 1. The van der Waals surface area contributed by atoms with Gasteiger partial charge in [-0.1, -0.05) is 0 Å². The third-order valence-corrected chi connectivity index (χ3v) is 4.44. The topological polar surface area (TPSA) is 23.6 Å². The molecule has 0 spiro atoms. The van der Waals surface area contributed by atoms with Crippen LogP contribution in [-0.2, 0) is 4.79 Å². The summed E-state index contributed by atoms with van der Waals surface area (Å²) in [5.41, 5.74) is 0. The van der Waals surface area contributed by atoms with Crippen molar-refractivity contribution in [3.63, 3.8) is 0 Å². The fourth-order valence-electron chi connectivity index (χ4n) is 2.60. The number of rotatable bonds is 1. The van der Waals surface area contributed by atoms with E-state index in [0.717, 1.165) is 32.4 Å². The number of fused-ring (bicyclic) bond motifs is 1. The Morgan fingerprint density at radius 1 is 1.27 bits per heavy atom. The lowest BCUT2D eigenvalue weighted by Gasteiger charge is -2.42. The predicted octanol–water partition coefficient (Wildman–Crippen LogP) is 1.74. The zero-order chi connectivity index (χ0) is 10.8. The van der Waals surface area contributed by atoms with Gasteiger partial charge < -0.3 is 0 Å². The Labute approximate surface area is 96.2 Å². The maximum Gasteiger partial charge on any atom is 0.250 e. The van der Waals surface area contributed by atoms with Gasteiger partial charge in [-0.25, -0.2) is 5.01 Å². The summed E-state index contributed by atoms with van der Waals surface area (Å²) in [6.45, 7) is 4.30. The molecule has 0 radical (unpaired) electrons. The van der Waals surface area contributed by atoms with Crippen LogP contribution >= 0.6 is 11.8 Å². The SMILES string of the molecule is CSC1CCCN2CCCC(C)N2C1=O. The third-order valence-electron chi connectivity index (χ3n) is 3.43. The van der Waals surface area contributed by atoms with Crippen molar-refractivity contribution in [2.75, 3.05) is 19.3 Å². The monoisotopic (exact) mass is 228 g/mol. The lowest BCUT2D eigenvalue weighted by atomic mass is 10.1. The molecule has 2 atom stereocenters. The van der Waals surface area contributed by atoms with Gasteiger partial charge in [0.1, 0.15) is 0 Å². The van der Waals surface area contributed by atoms with Crippen LogP contribution in [0.1, 0.15) is 32.6 Å². The molecular weight excluding hydrogens is 208 g/mol. The van der Waals surface area contributed by atoms with Crippen LogP contribution in [0.4, 0.5) is 0 Å². The van der Waals surface area contributed by atoms with Crippen LogP contribution < -0.4 is 0 Å². The van der Waals surface area contributed by atoms with Crippen LogP contribution in [0, 0.1) is 0 Å². The molecule has 0 saturated carbocycles. The summed E-state index contributed by atoms with van der Waals surface area (Å²) in [7, 11) is 0. The van der Waals surface area contributed by atoms with E-state index in [0.29, 0.717) is 11.9 Å². The molecule has 2 unspecified atom stereocenters. The van der Waals surface area contributed by atoms with Crippen molar-refractivity contribution in [3.05, 3.63) is 0 Å². The minimum absolute atomic E-state index is 0.190. The number of nitrogens with zero attached hydrogens (tertiary/aromatic N) is 2. The molecule has 0 aromatic heterocycles. The largest absolute Gasteiger partial charge is 0.272 e. The van der Waals surface area contributed by atoms with Crippen molar-refractivity contribution in [2.24, 2.45) is 0 Å². The Bertz CT molecular complexity index is 247. The van der Waals surface area contributed by atoms with Gasteiger partial charge in [-0.05, 0) is 38.9 Å². The molecule has 0 aromatic rings. The van der Waals surface area contributed by atoms with Crippen LogP contribution in [0.3, 0.4) is 0 Å². The average Bonchev–Trinajstić information content (AvgIpc) is 2.39. The first-order valence-corrected chi connectivity index (χ1v) is 7.13. The summed E-state index contributed by atoms with van der Waals surface area (Å²) in [6.07, 6.45) is 6.63. The van der Waals surface area contributed by atoms with Gasteiger partial charge in [0.05, 0.1) is 5.25 Å². The summed E-state index contributed by atoms with van der Waals surface area (Å²) in [4.78, 5) is 12.3. The molecule has 2 fully saturated rings. The molecule has 2 saturated heterocycles. The van der Waals surface area contributed by atoms with E-state index in [2.05, 4.69) is 11.9 Å². The summed E-state index contributed by atoms with van der Waals surface area (Å²) in [5.74, 6) is 0.340. The quantitative estimate of drug-likeness (QED) is 0.683. The molecule has 4 heteroatoms. The molecule has 1 amide bonds. The van der Waals surface area contributed by atoms with Crippen LogP contribution in [0.2, 0.25) is 0 Å². The van der Waals surface area contributed by atoms with Crippen LogP contribution in [0.15, 0.2) is 0 Å².